The number of nitrogens with zero attached hydrogens (tertiary/aromatic N) is 3. The van der Waals surface area contributed by atoms with E-state index in [0.717, 1.165) is 36.5 Å². The van der Waals surface area contributed by atoms with Gasteiger partial charge in [0.15, 0.2) is 5.65 Å². The average Bonchev–Trinajstić information content (AvgIpc) is 3.11. The summed E-state index contributed by atoms with van der Waals surface area (Å²) in [6.45, 7) is 2.83. The van der Waals surface area contributed by atoms with Gasteiger partial charge in [-0.3, -0.25) is 4.39 Å². The topological polar surface area (TPSA) is 42.2 Å². The molecule has 4 nitrogen and oxygen atoms in total. The molecule has 0 amide bonds. The van der Waals surface area contributed by atoms with Gasteiger partial charge in [-0.15, -0.1) is 0 Å². The van der Waals surface area contributed by atoms with Gasteiger partial charge in [0.1, 0.15) is 6.67 Å². The number of aryl methyl sites for hydroxylation is 1. The van der Waals surface area contributed by atoms with Crippen LogP contribution in [0.15, 0.2) is 12.1 Å². The van der Waals surface area contributed by atoms with E-state index in [0.29, 0.717) is 25.0 Å². The van der Waals surface area contributed by atoms with Crippen molar-refractivity contribution in [1.29, 1.82) is 0 Å². The van der Waals surface area contributed by atoms with Gasteiger partial charge in [-0.25, -0.2) is 9.50 Å². The maximum absolute atomic E-state index is 14.2. The molecular formula is C20H26F4N4. The quantitative estimate of drug-likeness (QED) is 0.776. The minimum Gasteiger partial charge on any atom is -0.316 e. The normalized spacial score (nSPS) is 29.3. The van der Waals surface area contributed by atoms with Crippen molar-refractivity contribution < 1.29 is 17.6 Å². The Bertz CT molecular complexity index is 831. The Morgan fingerprint density at radius 3 is 2.57 bits per heavy atom. The first-order chi connectivity index (χ1) is 13.3. The molecule has 1 saturated carbocycles. The largest absolute Gasteiger partial charge is 0.391 e. The first-order valence-electron chi connectivity index (χ1n) is 10.0. The van der Waals surface area contributed by atoms with Crippen molar-refractivity contribution in [3.05, 3.63) is 29.2 Å². The number of aromatic nitrogens is 3. The van der Waals surface area contributed by atoms with Crippen molar-refractivity contribution in [2.45, 2.75) is 63.0 Å². The minimum absolute atomic E-state index is 0.000682. The number of halogens is 4. The summed E-state index contributed by atoms with van der Waals surface area (Å²) in [5, 5.41) is 8.00. The van der Waals surface area contributed by atoms with Gasteiger partial charge in [-0.05, 0) is 58.1 Å². The summed E-state index contributed by atoms with van der Waals surface area (Å²) in [7, 11) is 0. The van der Waals surface area contributed by atoms with E-state index in [1.165, 1.54) is 0 Å². The van der Waals surface area contributed by atoms with Gasteiger partial charge in [-0.2, -0.15) is 18.3 Å². The predicted octanol–water partition coefficient (Wildman–Crippen LogP) is 4.46. The third-order valence-electron chi connectivity index (χ3n) is 6.45. The van der Waals surface area contributed by atoms with Gasteiger partial charge in [0.25, 0.3) is 0 Å². The van der Waals surface area contributed by atoms with Gasteiger partial charge in [0.05, 0.1) is 22.7 Å². The minimum atomic E-state index is -4.11. The summed E-state index contributed by atoms with van der Waals surface area (Å²) < 4.78 is 54.8. The van der Waals surface area contributed by atoms with Crippen LogP contribution in [0.1, 0.15) is 61.5 Å². The smallest absolute Gasteiger partial charge is 0.316 e. The van der Waals surface area contributed by atoms with Crippen molar-refractivity contribution in [2.75, 3.05) is 19.8 Å². The van der Waals surface area contributed by atoms with E-state index in [1.54, 1.807) is 4.52 Å². The number of fused-ring (bicyclic) bond motifs is 1. The second-order valence-electron chi connectivity index (χ2n) is 8.41. The van der Waals surface area contributed by atoms with Gasteiger partial charge >= 0.3 is 6.18 Å². The molecule has 1 aliphatic heterocycles. The fourth-order valence-corrected chi connectivity index (χ4v) is 4.78. The van der Waals surface area contributed by atoms with E-state index in [9.17, 15) is 17.6 Å². The van der Waals surface area contributed by atoms with Crippen LogP contribution in [0.5, 0.6) is 0 Å². The van der Waals surface area contributed by atoms with Gasteiger partial charge < -0.3 is 5.32 Å². The van der Waals surface area contributed by atoms with E-state index < -0.39 is 24.2 Å². The van der Waals surface area contributed by atoms with Gasteiger partial charge in [0, 0.05) is 24.2 Å². The number of nitrogens with one attached hydrogen (secondary N) is 1. The van der Waals surface area contributed by atoms with E-state index in [1.807, 2.05) is 19.1 Å². The molecule has 3 heterocycles. The van der Waals surface area contributed by atoms with Crippen molar-refractivity contribution in [3.8, 4) is 0 Å². The lowest BCUT2D eigenvalue weighted by Gasteiger charge is -2.35. The highest BCUT2D eigenvalue weighted by atomic mass is 19.4. The Labute approximate surface area is 161 Å². The van der Waals surface area contributed by atoms with Gasteiger partial charge in [-0.1, -0.05) is 0 Å². The van der Waals surface area contributed by atoms with Crippen LogP contribution >= 0.6 is 0 Å². The Kier molecular flexibility index (Phi) is 5.10. The lowest BCUT2D eigenvalue weighted by Crippen LogP contribution is -2.46. The van der Waals surface area contributed by atoms with Crippen LogP contribution in [-0.4, -0.2) is 40.5 Å². The summed E-state index contributed by atoms with van der Waals surface area (Å²) in [4.78, 5) is 4.54. The molecule has 2 aliphatic rings. The van der Waals surface area contributed by atoms with Crippen LogP contribution in [0.3, 0.4) is 0 Å². The molecule has 8 heteroatoms. The first-order valence-corrected chi connectivity index (χ1v) is 10.0. The van der Waals surface area contributed by atoms with Crippen LogP contribution in [0, 0.1) is 12.8 Å². The molecule has 2 fully saturated rings. The van der Waals surface area contributed by atoms with Crippen molar-refractivity contribution in [1.82, 2.24) is 19.9 Å². The third kappa shape index (κ3) is 3.51. The Morgan fingerprint density at radius 1 is 1.21 bits per heavy atom. The SMILES string of the molecule is Cc1cc(C2(CF)CCCNC2)n2nc(C3CCC(C(F)(F)F)CC3)cc2n1. The fraction of sp³-hybridized carbons (Fsp3) is 0.700. The number of alkyl halides is 4. The van der Waals surface area contributed by atoms with Crippen LogP contribution in [0.25, 0.3) is 5.65 Å². The monoisotopic (exact) mass is 398 g/mol. The zero-order valence-corrected chi connectivity index (χ0v) is 16.0. The predicted molar refractivity (Wildman–Crippen MR) is 98.2 cm³/mol. The molecule has 0 aromatic carbocycles. The van der Waals surface area contributed by atoms with E-state index >= 15 is 0 Å². The Morgan fingerprint density at radius 2 is 1.96 bits per heavy atom. The summed E-state index contributed by atoms with van der Waals surface area (Å²) in [6.07, 6.45) is -1.27. The highest BCUT2D eigenvalue weighted by Gasteiger charge is 2.42. The van der Waals surface area contributed by atoms with E-state index in [-0.39, 0.29) is 18.8 Å². The molecule has 0 bridgehead atoms. The number of hydrogen-bond acceptors (Lipinski definition) is 3. The lowest BCUT2D eigenvalue weighted by molar-refractivity contribution is -0.182. The molecule has 4 rings (SSSR count). The van der Waals surface area contributed by atoms with Crippen molar-refractivity contribution in [2.24, 2.45) is 5.92 Å². The second kappa shape index (κ2) is 7.28. The fourth-order valence-electron chi connectivity index (χ4n) is 4.78. The molecule has 28 heavy (non-hydrogen) atoms. The summed E-state index contributed by atoms with van der Waals surface area (Å²) in [6, 6.07) is 3.77. The summed E-state index contributed by atoms with van der Waals surface area (Å²) in [5.41, 5.74) is 2.40. The first kappa shape index (κ1) is 19.6. The molecule has 1 N–H and O–H groups in total. The number of hydrogen-bond donors (Lipinski definition) is 1. The molecular weight excluding hydrogens is 372 g/mol. The van der Waals surface area contributed by atoms with Gasteiger partial charge in [0.2, 0.25) is 0 Å². The molecule has 1 atom stereocenters. The summed E-state index contributed by atoms with van der Waals surface area (Å²) in [5.74, 6) is -1.21. The van der Waals surface area contributed by atoms with Crippen LogP contribution in [0.4, 0.5) is 17.6 Å². The molecule has 0 radical (unpaired) electrons. The van der Waals surface area contributed by atoms with Crippen molar-refractivity contribution >= 4 is 5.65 Å². The van der Waals surface area contributed by atoms with Crippen LogP contribution < -0.4 is 5.32 Å². The standard InChI is InChI=1S/C20H26F4N4/c1-13-9-17(19(11-21)7-2-8-25-12-19)28-18(26-13)10-16(27-28)14-3-5-15(6-4-14)20(22,23)24/h9-10,14-15,25H,2-8,11-12H2,1H3. The van der Waals surface area contributed by atoms with E-state index in [2.05, 4.69) is 10.3 Å². The summed E-state index contributed by atoms with van der Waals surface area (Å²) >= 11 is 0. The van der Waals surface area contributed by atoms with Crippen LogP contribution in [0.2, 0.25) is 0 Å². The number of rotatable bonds is 3. The molecule has 1 unspecified atom stereocenters. The highest BCUT2D eigenvalue weighted by molar-refractivity contribution is 5.44. The molecule has 2 aromatic rings. The molecule has 2 aromatic heterocycles. The maximum Gasteiger partial charge on any atom is 0.391 e. The lowest BCUT2D eigenvalue weighted by atomic mass is 9.78. The molecule has 154 valence electrons. The second-order valence-corrected chi connectivity index (χ2v) is 8.41. The zero-order valence-electron chi connectivity index (χ0n) is 16.0. The zero-order chi connectivity index (χ0) is 19.9. The van der Waals surface area contributed by atoms with Crippen LogP contribution in [-0.2, 0) is 5.41 Å². The maximum atomic E-state index is 14.2. The third-order valence-corrected chi connectivity index (χ3v) is 6.45. The molecule has 1 aliphatic carbocycles. The Balaban J connectivity index is 1.66. The van der Waals surface area contributed by atoms with E-state index in [4.69, 9.17) is 5.10 Å². The highest BCUT2D eigenvalue weighted by Crippen LogP contribution is 2.43. The Hall–Kier alpha value is -1.70. The number of piperidine rings is 1. The van der Waals surface area contributed by atoms with Crippen molar-refractivity contribution in [3.63, 3.8) is 0 Å². The molecule has 0 spiro atoms. The average molecular weight is 398 g/mol. The molecule has 1 saturated heterocycles.